The quantitative estimate of drug-likeness (QED) is 0.346. The van der Waals surface area contributed by atoms with E-state index >= 15 is 0 Å². The Kier molecular flexibility index (Phi) is 7.53. The minimum Gasteiger partial charge on any atom is -0.398 e. The van der Waals surface area contributed by atoms with E-state index in [4.69, 9.17) is 21.7 Å². The van der Waals surface area contributed by atoms with Crippen LogP contribution < -0.4 is 21.7 Å². The number of nitrogens with two attached hydrogens (primary N) is 2. The molecule has 0 heterocycles. The number of hydrogen-bond acceptors (Lipinski definition) is 7. The number of nitrogens with zero attached hydrogens (tertiary/aromatic N) is 1. The molecule has 0 fully saturated rings. The Labute approximate surface area is 153 Å². The molecule has 0 atom stereocenters. The number of anilines is 4. The lowest BCUT2D eigenvalue weighted by atomic mass is 10.0. The topological polar surface area (TPSA) is 128 Å². The standard InChI is InChI=1S/C19H28N4O3/c20-18-5-6-19(21)17(16(18)7-10-24)13-22-14-1-3-15(4-2-14)23(8-11-25)9-12-26/h1-6,22,24-26H,7-13,20-21H2. The normalized spacial score (nSPS) is 10.7. The van der Waals surface area contributed by atoms with Crippen LogP contribution in [0, 0.1) is 0 Å². The minimum atomic E-state index is 0.0148. The summed E-state index contributed by atoms with van der Waals surface area (Å²) in [6.07, 6.45) is 0.462. The van der Waals surface area contributed by atoms with Crippen LogP contribution in [0.2, 0.25) is 0 Å². The Morgan fingerprint density at radius 2 is 1.35 bits per heavy atom. The average molecular weight is 360 g/mol. The van der Waals surface area contributed by atoms with E-state index in [0.29, 0.717) is 37.4 Å². The fraction of sp³-hybridized carbons (Fsp3) is 0.368. The van der Waals surface area contributed by atoms with E-state index in [0.717, 1.165) is 22.5 Å². The van der Waals surface area contributed by atoms with Gasteiger partial charge in [0.1, 0.15) is 0 Å². The number of aliphatic hydroxyl groups excluding tert-OH is 3. The van der Waals surface area contributed by atoms with Gasteiger partial charge in [0.25, 0.3) is 0 Å². The second-order valence-electron chi connectivity index (χ2n) is 6.01. The van der Waals surface area contributed by atoms with E-state index in [9.17, 15) is 5.11 Å². The van der Waals surface area contributed by atoms with Crippen molar-refractivity contribution in [2.24, 2.45) is 0 Å². The molecule has 2 rings (SSSR count). The van der Waals surface area contributed by atoms with Crippen molar-refractivity contribution in [3.05, 3.63) is 47.5 Å². The summed E-state index contributed by atoms with van der Waals surface area (Å²) < 4.78 is 0. The molecule has 0 bridgehead atoms. The zero-order valence-electron chi connectivity index (χ0n) is 14.9. The molecule has 142 valence electrons. The monoisotopic (exact) mass is 360 g/mol. The van der Waals surface area contributed by atoms with Crippen LogP contribution >= 0.6 is 0 Å². The van der Waals surface area contributed by atoms with Crippen molar-refractivity contribution in [1.82, 2.24) is 0 Å². The zero-order chi connectivity index (χ0) is 18.9. The lowest BCUT2D eigenvalue weighted by Gasteiger charge is -2.23. The summed E-state index contributed by atoms with van der Waals surface area (Å²) in [6, 6.07) is 11.3. The van der Waals surface area contributed by atoms with Crippen LogP contribution in [-0.4, -0.2) is 48.2 Å². The van der Waals surface area contributed by atoms with Crippen molar-refractivity contribution in [1.29, 1.82) is 0 Å². The van der Waals surface area contributed by atoms with E-state index < -0.39 is 0 Å². The van der Waals surface area contributed by atoms with Gasteiger partial charge in [0.05, 0.1) is 13.2 Å². The van der Waals surface area contributed by atoms with Gasteiger partial charge in [0.2, 0.25) is 0 Å². The highest BCUT2D eigenvalue weighted by atomic mass is 16.3. The third-order valence-corrected chi connectivity index (χ3v) is 4.31. The van der Waals surface area contributed by atoms with E-state index in [1.165, 1.54) is 0 Å². The Hall–Kier alpha value is -2.48. The van der Waals surface area contributed by atoms with Gasteiger partial charge in [-0.3, -0.25) is 0 Å². The molecule has 0 unspecified atom stereocenters. The number of nitrogen functional groups attached to an aromatic ring is 2. The molecule has 0 aliphatic heterocycles. The van der Waals surface area contributed by atoms with Crippen LogP contribution in [0.5, 0.6) is 0 Å². The van der Waals surface area contributed by atoms with Crippen LogP contribution in [0.15, 0.2) is 36.4 Å². The molecule has 26 heavy (non-hydrogen) atoms. The molecule has 2 aromatic rings. The van der Waals surface area contributed by atoms with Crippen LogP contribution in [0.3, 0.4) is 0 Å². The van der Waals surface area contributed by atoms with E-state index in [1.54, 1.807) is 12.1 Å². The SMILES string of the molecule is Nc1ccc(N)c(CNc2ccc(N(CCO)CCO)cc2)c1CCO. The summed E-state index contributed by atoms with van der Waals surface area (Å²) in [5.74, 6) is 0. The maximum atomic E-state index is 9.26. The van der Waals surface area contributed by atoms with Gasteiger partial charge in [0.15, 0.2) is 0 Å². The number of nitrogens with one attached hydrogen (secondary N) is 1. The lowest BCUT2D eigenvalue weighted by molar-refractivity contribution is 0.281. The lowest BCUT2D eigenvalue weighted by Crippen LogP contribution is -2.29. The first-order chi connectivity index (χ1) is 12.6. The van der Waals surface area contributed by atoms with E-state index in [1.807, 2.05) is 29.2 Å². The second-order valence-corrected chi connectivity index (χ2v) is 6.01. The molecule has 7 nitrogen and oxygen atoms in total. The Morgan fingerprint density at radius 1 is 0.769 bits per heavy atom. The fourth-order valence-electron chi connectivity index (χ4n) is 2.94. The van der Waals surface area contributed by atoms with Crippen molar-refractivity contribution in [2.45, 2.75) is 13.0 Å². The minimum absolute atomic E-state index is 0.0148. The first-order valence-electron chi connectivity index (χ1n) is 8.67. The molecule has 7 heteroatoms. The van der Waals surface area contributed by atoms with Crippen LogP contribution in [0.4, 0.5) is 22.7 Å². The molecule has 2 aromatic carbocycles. The van der Waals surface area contributed by atoms with Gasteiger partial charge in [-0.15, -0.1) is 0 Å². The van der Waals surface area contributed by atoms with Crippen molar-refractivity contribution < 1.29 is 15.3 Å². The van der Waals surface area contributed by atoms with Crippen molar-refractivity contribution in [3.8, 4) is 0 Å². The largest absolute Gasteiger partial charge is 0.398 e. The molecular formula is C19H28N4O3. The first-order valence-corrected chi connectivity index (χ1v) is 8.67. The van der Waals surface area contributed by atoms with Crippen LogP contribution in [0.1, 0.15) is 11.1 Å². The molecule has 0 saturated carbocycles. The molecule has 0 aliphatic carbocycles. The highest BCUT2D eigenvalue weighted by molar-refractivity contribution is 5.63. The summed E-state index contributed by atoms with van der Waals surface area (Å²) >= 11 is 0. The molecule has 0 aliphatic rings. The van der Waals surface area contributed by atoms with Gasteiger partial charge >= 0.3 is 0 Å². The van der Waals surface area contributed by atoms with Gasteiger partial charge in [-0.2, -0.15) is 0 Å². The summed E-state index contributed by atoms with van der Waals surface area (Å²) in [4.78, 5) is 1.92. The Morgan fingerprint density at radius 3 is 1.88 bits per heavy atom. The second kappa shape index (κ2) is 9.86. The maximum absolute atomic E-state index is 9.26. The molecule has 0 saturated heterocycles. The fourth-order valence-corrected chi connectivity index (χ4v) is 2.94. The highest BCUT2D eigenvalue weighted by Gasteiger charge is 2.10. The van der Waals surface area contributed by atoms with Gasteiger partial charge in [-0.05, 0) is 53.9 Å². The molecule has 8 N–H and O–H groups in total. The van der Waals surface area contributed by atoms with Crippen LogP contribution in [-0.2, 0) is 13.0 Å². The first kappa shape index (κ1) is 19.8. The molecule has 0 spiro atoms. The number of benzene rings is 2. The number of aliphatic hydroxyl groups is 3. The summed E-state index contributed by atoms with van der Waals surface area (Å²) in [5.41, 5.74) is 17.0. The molecular weight excluding hydrogens is 332 g/mol. The molecule has 0 aromatic heterocycles. The Bertz CT molecular complexity index is 686. The van der Waals surface area contributed by atoms with Crippen molar-refractivity contribution in [3.63, 3.8) is 0 Å². The third-order valence-electron chi connectivity index (χ3n) is 4.31. The summed E-state index contributed by atoms with van der Waals surface area (Å²) in [7, 11) is 0. The highest BCUT2D eigenvalue weighted by Crippen LogP contribution is 2.25. The molecule has 0 amide bonds. The number of rotatable bonds is 10. The average Bonchev–Trinajstić information content (AvgIpc) is 2.65. The molecule has 0 radical (unpaired) electrons. The predicted octanol–water partition coefficient (Wildman–Crippen LogP) is 0.789. The van der Waals surface area contributed by atoms with E-state index in [2.05, 4.69) is 5.32 Å². The summed E-state index contributed by atoms with van der Waals surface area (Å²) in [6.45, 7) is 1.52. The smallest absolute Gasteiger partial charge is 0.0606 e. The summed E-state index contributed by atoms with van der Waals surface area (Å²) in [5, 5.41) is 30.8. The van der Waals surface area contributed by atoms with Gasteiger partial charge in [0, 0.05) is 49.0 Å². The van der Waals surface area contributed by atoms with E-state index in [-0.39, 0.29) is 19.8 Å². The predicted molar refractivity (Wildman–Crippen MR) is 106 cm³/mol. The number of hydrogen-bond donors (Lipinski definition) is 6. The Balaban J connectivity index is 2.10. The van der Waals surface area contributed by atoms with Crippen LogP contribution in [0.25, 0.3) is 0 Å². The van der Waals surface area contributed by atoms with Gasteiger partial charge in [-0.25, -0.2) is 0 Å². The maximum Gasteiger partial charge on any atom is 0.0606 e. The zero-order valence-corrected chi connectivity index (χ0v) is 14.9. The van der Waals surface area contributed by atoms with Gasteiger partial charge in [-0.1, -0.05) is 0 Å². The van der Waals surface area contributed by atoms with Crippen molar-refractivity contribution >= 4 is 22.7 Å². The third kappa shape index (κ3) is 5.01. The van der Waals surface area contributed by atoms with Gasteiger partial charge < -0.3 is 37.0 Å². The van der Waals surface area contributed by atoms with Crippen molar-refractivity contribution in [2.75, 3.05) is 54.6 Å².